The summed E-state index contributed by atoms with van der Waals surface area (Å²) >= 11 is 0. The van der Waals surface area contributed by atoms with Crippen LogP contribution >= 0.6 is 0 Å². The lowest BCUT2D eigenvalue weighted by atomic mass is 9.79. The Morgan fingerprint density at radius 1 is 1.00 bits per heavy atom. The third-order valence-corrected chi connectivity index (χ3v) is 5.33. The van der Waals surface area contributed by atoms with Crippen molar-refractivity contribution in [3.8, 4) is 22.6 Å². The van der Waals surface area contributed by atoms with Gasteiger partial charge in [0.2, 0.25) is 0 Å². The minimum atomic E-state index is -0.0277. The number of rotatable bonds is 11. The molecule has 0 aliphatic heterocycles. The van der Waals surface area contributed by atoms with Crippen molar-refractivity contribution >= 4 is 0 Å². The smallest absolute Gasteiger partial charge is 0.189 e. The van der Waals surface area contributed by atoms with Gasteiger partial charge in [0.15, 0.2) is 6.79 Å². The molecular formula is C25H36O3. The highest BCUT2D eigenvalue weighted by Gasteiger charge is 2.24. The number of hydrogen-bond donors (Lipinski definition) is 1. The number of phenols is 1. The van der Waals surface area contributed by atoms with Gasteiger partial charge in [-0.3, -0.25) is 0 Å². The highest BCUT2D eigenvalue weighted by Crippen LogP contribution is 2.43. The van der Waals surface area contributed by atoms with Crippen LogP contribution in [-0.4, -0.2) is 18.5 Å². The molecule has 3 heteroatoms. The molecule has 0 fully saturated rings. The Morgan fingerprint density at radius 2 is 1.79 bits per heavy atom. The van der Waals surface area contributed by atoms with Crippen molar-refractivity contribution in [3.05, 3.63) is 47.5 Å². The molecule has 0 radical (unpaired) electrons. The van der Waals surface area contributed by atoms with E-state index in [1.165, 1.54) is 25.7 Å². The summed E-state index contributed by atoms with van der Waals surface area (Å²) in [7, 11) is 0. The minimum absolute atomic E-state index is 0.0277. The molecule has 0 amide bonds. The van der Waals surface area contributed by atoms with Crippen LogP contribution in [0.5, 0.6) is 11.5 Å². The SMILES string of the molecule is CCCCCCC(C)(C)c1cc(O)c(-c2cccc(C)c2)c(OCOCC)c1. The van der Waals surface area contributed by atoms with Crippen molar-refractivity contribution in [3.63, 3.8) is 0 Å². The van der Waals surface area contributed by atoms with Crippen LogP contribution < -0.4 is 4.74 Å². The zero-order valence-corrected chi connectivity index (χ0v) is 18.2. The van der Waals surface area contributed by atoms with Crippen LogP contribution in [0.4, 0.5) is 0 Å². The number of unbranched alkanes of at least 4 members (excludes halogenated alkanes) is 3. The second kappa shape index (κ2) is 10.5. The number of hydrogen-bond acceptors (Lipinski definition) is 3. The summed E-state index contributed by atoms with van der Waals surface area (Å²) in [5.74, 6) is 0.937. The molecule has 0 aliphatic rings. The van der Waals surface area contributed by atoms with Crippen LogP contribution in [0.15, 0.2) is 36.4 Å². The Bertz CT molecular complexity index is 749. The summed E-state index contributed by atoms with van der Waals surface area (Å²) < 4.78 is 11.4. The van der Waals surface area contributed by atoms with Gasteiger partial charge in [-0.25, -0.2) is 0 Å². The Balaban J connectivity index is 2.38. The van der Waals surface area contributed by atoms with Crippen molar-refractivity contribution < 1.29 is 14.6 Å². The summed E-state index contributed by atoms with van der Waals surface area (Å²) in [6.07, 6.45) is 6.04. The van der Waals surface area contributed by atoms with Gasteiger partial charge in [-0.05, 0) is 48.9 Å². The third-order valence-electron chi connectivity index (χ3n) is 5.33. The monoisotopic (exact) mass is 384 g/mol. The van der Waals surface area contributed by atoms with Gasteiger partial charge < -0.3 is 14.6 Å². The fourth-order valence-corrected chi connectivity index (χ4v) is 3.52. The van der Waals surface area contributed by atoms with Crippen molar-refractivity contribution in [2.24, 2.45) is 0 Å². The maximum absolute atomic E-state index is 10.9. The first-order chi connectivity index (χ1) is 13.4. The van der Waals surface area contributed by atoms with Crippen molar-refractivity contribution in [1.29, 1.82) is 0 Å². The molecule has 0 aliphatic carbocycles. The van der Waals surface area contributed by atoms with Gasteiger partial charge in [0.25, 0.3) is 0 Å². The summed E-state index contributed by atoms with van der Waals surface area (Å²) in [6, 6.07) is 12.1. The lowest BCUT2D eigenvalue weighted by Gasteiger charge is -2.27. The molecule has 0 heterocycles. The zero-order chi connectivity index (χ0) is 20.6. The van der Waals surface area contributed by atoms with Gasteiger partial charge in [-0.15, -0.1) is 0 Å². The van der Waals surface area contributed by atoms with E-state index in [0.29, 0.717) is 12.4 Å². The maximum atomic E-state index is 10.9. The molecule has 0 saturated carbocycles. The maximum Gasteiger partial charge on any atom is 0.189 e. The lowest BCUT2D eigenvalue weighted by molar-refractivity contribution is 0.0226. The second-order valence-corrected chi connectivity index (χ2v) is 8.19. The quantitative estimate of drug-likeness (QED) is 0.335. The van der Waals surface area contributed by atoms with Gasteiger partial charge in [-0.1, -0.05) is 76.3 Å². The summed E-state index contributed by atoms with van der Waals surface area (Å²) in [5, 5.41) is 10.9. The third kappa shape index (κ3) is 6.00. The standard InChI is InChI=1S/C25H36O3/c1-6-8-9-10-14-25(4,5)21-16-22(26)24(20-13-11-12-19(3)15-20)23(17-21)28-18-27-7-2/h11-13,15-17,26H,6-10,14,18H2,1-5H3. The molecule has 0 saturated heterocycles. The van der Waals surface area contributed by atoms with E-state index in [1.54, 1.807) is 0 Å². The number of aromatic hydroxyl groups is 1. The number of aryl methyl sites for hydroxylation is 1. The first-order valence-electron chi connectivity index (χ1n) is 10.5. The van der Waals surface area contributed by atoms with Gasteiger partial charge in [0.1, 0.15) is 11.5 Å². The predicted octanol–water partition coefficient (Wildman–Crippen LogP) is 6.99. The van der Waals surface area contributed by atoms with Crippen LogP contribution in [0.1, 0.15) is 70.9 Å². The van der Waals surface area contributed by atoms with Gasteiger partial charge >= 0.3 is 0 Å². The Morgan fingerprint density at radius 3 is 2.46 bits per heavy atom. The van der Waals surface area contributed by atoms with Crippen molar-refractivity contribution in [2.45, 2.75) is 72.1 Å². The van der Waals surface area contributed by atoms with E-state index in [-0.39, 0.29) is 18.0 Å². The molecule has 154 valence electrons. The highest BCUT2D eigenvalue weighted by atomic mass is 16.7. The molecule has 2 aromatic rings. The molecule has 0 spiro atoms. The summed E-state index contributed by atoms with van der Waals surface area (Å²) in [6.45, 7) is 11.5. The Labute approximate surface area is 170 Å². The van der Waals surface area contributed by atoms with Crippen molar-refractivity contribution in [2.75, 3.05) is 13.4 Å². The molecule has 0 aromatic heterocycles. The van der Waals surface area contributed by atoms with Gasteiger partial charge in [-0.2, -0.15) is 0 Å². The van der Waals surface area contributed by atoms with E-state index < -0.39 is 0 Å². The molecule has 3 nitrogen and oxygen atoms in total. The van der Waals surface area contributed by atoms with Crippen LogP contribution in [0.2, 0.25) is 0 Å². The number of benzene rings is 2. The molecule has 1 N–H and O–H groups in total. The second-order valence-electron chi connectivity index (χ2n) is 8.19. The predicted molar refractivity (Wildman–Crippen MR) is 117 cm³/mol. The molecular weight excluding hydrogens is 348 g/mol. The van der Waals surface area contributed by atoms with E-state index in [0.717, 1.165) is 28.7 Å². The fourth-order valence-electron chi connectivity index (χ4n) is 3.52. The Kier molecular flexibility index (Phi) is 8.37. The number of phenolic OH excluding ortho intramolecular Hbond substituents is 1. The normalized spacial score (nSPS) is 11.6. The summed E-state index contributed by atoms with van der Waals surface area (Å²) in [4.78, 5) is 0. The lowest BCUT2D eigenvalue weighted by Crippen LogP contribution is -2.17. The first-order valence-corrected chi connectivity index (χ1v) is 10.5. The molecule has 2 rings (SSSR count). The van der Waals surface area contributed by atoms with E-state index in [1.807, 2.05) is 25.1 Å². The average molecular weight is 385 g/mol. The Hall–Kier alpha value is -2.00. The molecule has 2 aromatic carbocycles. The van der Waals surface area contributed by atoms with Crippen LogP contribution in [0.3, 0.4) is 0 Å². The van der Waals surface area contributed by atoms with Gasteiger partial charge in [0, 0.05) is 6.61 Å². The summed E-state index contributed by atoms with van der Waals surface area (Å²) in [5.41, 5.74) is 3.91. The first kappa shape index (κ1) is 22.3. The highest BCUT2D eigenvalue weighted by molar-refractivity contribution is 5.77. The van der Waals surface area contributed by atoms with Crippen molar-refractivity contribution in [1.82, 2.24) is 0 Å². The zero-order valence-electron chi connectivity index (χ0n) is 18.2. The van der Waals surface area contributed by atoms with E-state index in [9.17, 15) is 5.11 Å². The molecule has 0 atom stereocenters. The van der Waals surface area contributed by atoms with E-state index >= 15 is 0 Å². The fraction of sp³-hybridized carbons (Fsp3) is 0.520. The molecule has 28 heavy (non-hydrogen) atoms. The van der Waals surface area contributed by atoms with Gasteiger partial charge in [0.05, 0.1) is 5.56 Å². The van der Waals surface area contributed by atoms with E-state index in [2.05, 4.69) is 45.9 Å². The van der Waals surface area contributed by atoms with Crippen LogP contribution in [-0.2, 0) is 10.2 Å². The molecule has 0 unspecified atom stereocenters. The number of ether oxygens (including phenoxy) is 2. The topological polar surface area (TPSA) is 38.7 Å². The van der Waals surface area contributed by atoms with Crippen LogP contribution in [0.25, 0.3) is 11.1 Å². The van der Waals surface area contributed by atoms with Crippen LogP contribution in [0, 0.1) is 6.92 Å². The average Bonchev–Trinajstić information content (AvgIpc) is 2.65. The molecule has 0 bridgehead atoms. The van der Waals surface area contributed by atoms with E-state index in [4.69, 9.17) is 9.47 Å². The minimum Gasteiger partial charge on any atom is -0.507 e. The largest absolute Gasteiger partial charge is 0.507 e.